The first kappa shape index (κ1) is 17.2. The predicted molar refractivity (Wildman–Crippen MR) is 120 cm³/mol. The second kappa shape index (κ2) is 6.99. The molecule has 5 heterocycles. The van der Waals surface area contributed by atoms with Gasteiger partial charge < -0.3 is 9.88 Å². The topological polar surface area (TPSA) is 73.5 Å². The lowest BCUT2D eigenvalue weighted by molar-refractivity contribution is 0.579. The highest BCUT2D eigenvalue weighted by atomic mass is 15.1. The third-order valence-corrected chi connectivity index (χ3v) is 6.00. The van der Waals surface area contributed by atoms with Gasteiger partial charge in [-0.3, -0.25) is 15.1 Å². The lowest BCUT2D eigenvalue weighted by Crippen LogP contribution is -2.29. The molecule has 1 saturated heterocycles. The molecule has 6 rings (SSSR count). The van der Waals surface area contributed by atoms with Gasteiger partial charge in [0, 0.05) is 53.0 Å². The van der Waals surface area contributed by atoms with E-state index in [0.29, 0.717) is 0 Å². The van der Waals surface area contributed by atoms with Crippen molar-refractivity contribution in [2.24, 2.45) is 0 Å². The molecule has 0 spiro atoms. The minimum Gasteiger partial charge on any atom is -0.371 e. The summed E-state index contributed by atoms with van der Waals surface area (Å²) in [7, 11) is 0. The minimum atomic E-state index is 0.892. The Morgan fingerprint density at radius 1 is 0.867 bits per heavy atom. The molecule has 6 nitrogen and oxygen atoms in total. The van der Waals surface area contributed by atoms with Crippen molar-refractivity contribution >= 4 is 27.5 Å². The second-order valence-corrected chi connectivity index (χ2v) is 7.90. The Balaban J connectivity index is 1.47. The van der Waals surface area contributed by atoms with E-state index in [1.54, 1.807) is 6.20 Å². The Morgan fingerprint density at radius 2 is 1.80 bits per heavy atom. The number of H-pyrrole nitrogens is 2. The fourth-order valence-corrected chi connectivity index (χ4v) is 4.47. The molecule has 148 valence electrons. The quantitative estimate of drug-likeness (QED) is 0.443. The lowest BCUT2D eigenvalue weighted by atomic mass is 10.1. The number of rotatable bonds is 3. The summed E-state index contributed by atoms with van der Waals surface area (Å²) in [5.74, 6) is 0. The van der Waals surface area contributed by atoms with Gasteiger partial charge in [0.05, 0.1) is 23.1 Å². The number of benzene rings is 1. The van der Waals surface area contributed by atoms with Crippen molar-refractivity contribution in [3.63, 3.8) is 0 Å². The van der Waals surface area contributed by atoms with Gasteiger partial charge >= 0.3 is 0 Å². The molecule has 2 N–H and O–H groups in total. The minimum absolute atomic E-state index is 0.892. The van der Waals surface area contributed by atoms with Crippen LogP contribution in [0.1, 0.15) is 19.3 Å². The molecule has 0 bridgehead atoms. The Kier molecular flexibility index (Phi) is 4.01. The zero-order chi connectivity index (χ0) is 19.9. The van der Waals surface area contributed by atoms with E-state index in [1.165, 1.54) is 30.3 Å². The van der Waals surface area contributed by atoms with Crippen molar-refractivity contribution < 1.29 is 0 Å². The molecule has 0 amide bonds. The van der Waals surface area contributed by atoms with Gasteiger partial charge in [0.15, 0.2) is 0 Å². The van der Waals surface area contributed by atoms with E-state index in [2.05, 4.69) is 60.4 Å². The zero-order valence-electron chi connectivity index (χ0n) is 16.6. The van der Waals surface area contributed by atoms with Crippen LogP contribution in [0.3, 0.4) is 0 Å². The molecule has 30 heavy (non-hydrogen) atoms. The molecule has 4 aromatic heterocycles. The summed E-state index contributed by atoms with van der Waals surface area (Å²) in [5.41, 5.74) is 7.20. The molecule has 0 radical (unpaired) electrons. The first-order valence-electron chi connectivity index (χ1n) is 10.5. The van der Waals surface area contributed by atoms with Gasteiger partial charge in [-0.2, -0.15) is 5.10 Å². The summed E-state index contributed by atoms with van der Waals surface area (Å²) in [6.07, 6.45) is 9.31. The van der Waals surface area contributed by atoms with Crippen LogP contribution in [-0.2, 0) is 0 Å². The molecule has 0 unspecified atom stereocenters. The van der Waals surface area contributed by atoms with Crippen LogP contribution in [0.2, 0.25) is 0 Å². The van der Waals surface area contributed by atoms with Gasteiger partial charge in [-0.05, 0) is 55.7 Å². The third-order valence-electron chi connectivity index (χ3n) is 6.00. The standard InChI is InChI=1S/C24H22N6/c1-2-10-30(11-3-1)23-8-4-7-19-17(23)12-21(27-19)24-18-13-20(16-6-5-9-25-14-16)26-15-22(18)28-29-24/h4-9,12-15,27H,1-3,10-11H2,(H,28,29). The zero-order valence-corrected chi connectivity index (χ0v) is 16.6. The monoisotopic (exact) mass is 394 g/mol. The Labute approximate surface area is 174 Å². The van der Waals surface area contributed by atoms with E-state index >= 15 is 0 Å². The number of fused-ring (bicyclic) bond motifs is 2. The van der Waals surface area contributed by atoms with Gasteiger partial charge in [0.25, 0.3) is 0 Å². The van der Waals surface area contributed by atoms with E-state index in [-0.39, 0.29) is 0 Å². The van der Waals surface area contributed by atoms with Gasteiger partial charge in [-0.25, -0.2) is 0 Å². The Hall–Kier alpha value is -3.67. The van der Waals surface area contributed by atoms with E-state index in [9.17, 15) is 0 Å². The molecule has 1 aliphatic rings. The second-order valence-electron chi connectivity index (χ2n) is 7.90. The molecule has 0 aliphatic carbocycles. The predicted octanol–water partition coefficient (Wildman–Crippen LogP) is 5.16. The molecular weight excluding hydrogens is 372 g/mol. The number of pyridine rings is 2. The number of piperidine rings is 1. The molecular formula is C24H22N6. The fraction of sp³-hybridized carbons (Fsp3) is 0.208. The first-order chi connectivity index (χ1) is 14.9. The van der Waals surface area contributed by atoms with E-state index in [4.69, 9.17) is 0 Å². The van der Waals surface area contributed by atoms with Crippen molar-refractivity contribution in [3.8, 4) is 22.6 Å². The average Bonchev–Trinajstić information content (AvgIpc) is 3.43. The summed E-state index contributed by atoms with van der Waals surface area (Å²) in [5, 5.41) is 10.0. The number of nitrogens with one attached hydrogen (secondary N) is 2. The van der Waals surface area contributed by atoms with Crippen molar-refractivity contribution in [3.05, 3.63) is 61.1 Å². The number of hydrogen-bond acceptors (Lipinski definition) is 4. The van der Waals surface area contributed by atoms with Gasteiger partial charge in [0.1, 0.15) is 5.69 Å². The third kappa shape index (κ3) is 2.84. The molecule has 6 heteroatoms. The van der Waals surface area contributed by atoms with E-state index < -0.39 is 0 Å². The maximum Gasteiger partial charge on any atom is 0.116 e. The molecule has 0 atom stereocenters. The van der Waals surface area contributed by atoms with Crippen LogP contribution < -0.4 is 4.90 Å². The molecule has 1 aliphatic heterocycles. The molecule has 1 fully saturated rings. The number of aromatic amines is 2. The number of hydrogen-bond donors (Lipinski definition) is 2. The van der Waals surface area contributed by atoms with Gasteiger partial charge in [0.2, 0.25) is 0 Å². The highest BCUT2D eigenvalue weighted by molar-refractivity contribution is 6.00. The van der Waals surface area contributed by atoms with Crippen LogP contribution in [0.15, 0.2) is 61.1 Å². The Morgan fingerprint density at radius 3 is 2.67 bits per heavy atom. The van der Waals surface area contributed by atoms with Crippen LogP contribution in [0.5, 0.6) is 0 Å². The fourth-order valence-electron chi connectivity index (χ4n) is 4.47. The molecule has 1 aromatic carbocycles. The number of nitrogens with zero attached hydrogens (tertiary/aromatic N) is 4. The van der Waals surface area contributed by atoms with Crippen LogP contribution in [-0.4, -0.2) is 38.2 Å². The van der Waals surface area contributed by atoms with Crippen molar-refractivity contribution in [1.29, 1.82) is 0 Å². The average molecular weight is 394 g/mol. The summed E-state index contributed by atoms with van der Waals surface area (Å²) in [6, 6.07) is 14.8. The maximum absolute atomic E-state index is 4.61. The SMILES string of the molecule is c1cncc(-c2cc3c(-c4cc5c(N6CCCCC6)cccc5[nH]4)n[nH]c3cn2)c1. The highest BCUT2D eigenvalue weighted by Crippen LogP contribution is 2.35. The van der Waals surface area contributed by atoms with Crippen LogP contribution >= 0.6 is 0 Å². The van der Waals surface area contributed by atoms with Crippen molar-refractivity contribution in [2.75, 3.05) is 18.0 Å². The highest BCUT2D eigenvalue weighted by Gasteiger charge is 2.17. The summed E-state index contributed by atoms with van der Waals surface area (Å²) in [4.78, 5) is 14.9. The van der Waals surface area contributed by atoms with Crippen LogP contribution in [0.25, 0.3) is 44.5 Å². The Bertz CT molecular complexity index is 1330. The summed E-state index contributed by atoms with van der Waals surface area (Å²) in [6.45, 7) is 2.26. The largest absolute Gasteiger partial charge is 0.371 e. The first-order valence-corrected chi connectivity index (χ1v) is 10.5. The van der Waals surface area contributed by atoms with Gasteiger partial charge in [-0.1, -0.05) is 6.07 Å². The number of anilines is 1. The van der Waals surface area contributed by atoms with E-state index in [1.807, 2.05) is 24.5 Å². The number of aromatic nitrogens is 5. The normalized spacial score (nSPS) is 14.6. The summed E-state index contributed by atoms with van der Waals surface area (Å²) >= 11 is 0. The van der Waals surface area contributed by atoms with Crippen molar-refractivity contribution in [2.45, 2.75) is 19.3 Å². The van der Waals surface area contributed by atoms with Crippen molar-refractivity contribution in [1.82, 2.24) is 25.1 Å². The van der Waals surface area contributed by atoms with Gasteiger partial charge in [-0.15, -0.1) is 0 Å². The lowest BCUT2D eigenvalue weighted by Gasteiger charge is -2.29. The molecule has 5 aromatic rings. The van der Waals surface area contributed by atoms with Crippen LogP contribution in [0, 0.1) is 0 Å². The van der Waals surface area contributed by atoms with E-state index in [0.717, 1.165) is 52.2 Å². The van der Waals surface area contributed by atoms with Crippen LogP contribution in [0.4, 0.5) is 5.69 Å². The smallest absolute Gasteiger partial charge is 0.116 e. The maximum atomic E-state index is 4.61. The summed E-state index contributed by atoms with van der Waals surface area (Å²) < 4.78 is 0. The molecule has 0 saturated carbocycles.